The van der Waals surface area contributed by atoms with Crippen LogP contribution < -0.4 is 16.0 Å². The summed E-state index contributed by atoms with van der Waals surface area (Å²) < 4.78 is 0. The molecule has 1 heterocycles. The maximum atomic E-state index is 12.4. The Hall–Kier alpha value is -2.53. The Bertz CT molecular complexity index is 820. The molecule has 0 fully saturated rings. The largest absolute Gasteiger partial charge is 0.372 e. The molecule has 2 aromatic carbocycles. The zero-order valence-electron chi connectivity index (χ0n) is 14.1. The zero-order valence-corrected chi connectivity index (χ0v) is 14.9. The number of benzene rings is 2. The fourth-order valence-corrected chi connectivity index (χ4v) is 2.95. The number of carbonyl (C=O) groups is 2. The van der Waals surface area contributed by atoms with E-state index in [1.54, 1.807) is 18.2 Å². The lowest BCUT2D eigenvalue weighted by Gasteiger charge is -2.29. The van der Waals surface area contributed by atoms with Crippen LogP contribution >= 0.6 is 11.6 Å². The van der Waals surface area contributed by atoms with Gasteiger partial charge in [-0.15, -0.1) is 0 Å². The summed E-state index contributed by atoms with van der Waals surface area (Å²) in [6, 6.07) is 12.3. The van der Waals surface area contributed by atoms with Crippen molar-refractivity contribution in [1.82, 2.24) is 5.32 Å². The SMILES string of the molecule is CC(C)[C@@H]1Nc2ccc(C(=O)NCc3ccccc3Cl)cc2NC1=O. The van der Waals surface area contributed by atoms with E-state index in [1.165, 1.54) is 0 Å². The molecular weight excluding hydrogens is 338 g/mol. The van der Waals surface area contributed by atoms with E-state index in [0.29, 0.717) is 22.8 Å². The van der Waals surface area contributed by atoms with E-state index in [0.717, 1.165) is 11.3 Å². The molecule has 3 N–H and O–H groups in total. The summed E-state index contributed by atoms with van der Waals surface area (Å²) in [5.74, 6) is -0.133. The van der Waals surface area contributed by atoms with E-state index in [4.69, 9.17) is 11.6 Å². The molecule has 1 atom stereocenters. The van der Waals surface area contributed by atoms with E-state index in [1.807, 2.05) is 38.1 Å². The summed E-state index contributed by atoms with van der Waals surface area (Å²) in [6.45, 7) is 4.31. The maximum Gasteiger partial charge on any atom is 0.251 e. The normalized spacial score (nSPS) is 16.0. The van der Waals surface area contributed by atoms with E-state index in [2.05, 4.69) is 16.0 Å². The first-order chi connectivity index (χ1) is 12.0. The Kier molecular flexibility index (Phi) is 4.95. The molecule has 2 amide bonds. The summed E-state index contributed by atoms with van der Waals surface area (Å²) in [5.41, 5.74) is 2.77. The van der Waals surface area contributed by atoms with Crippen molar-refractivity contribution in [2.24, 2.45) is 5.92 Å². The number of rotatable bonds is 4. The first kappa shape index (κ1) is 17.3. The Morgan fingerprint density at radius 1 is 1.20 bits per heavy atom. The first-order valence-electron chi connectivity index (χ1n) is 8.19. The van der Waals surface area contributed by atoms with Crippen molar-refractivity contribution >= 4 is 34.8 Å². The third-order valence-electron chi connectivity index (χ3n) is 4.20. The Morgan fingerprint density at radius 3 is 2.68 bits per heavy atom. The van der Waals surface area contributed by atoms with Crippen LogP contribution in [0, 0.1) is 5.92 Å². The minimum Gasteiger partial charge on any atom is -0.372 e. The number of anilines is 2. The monoisotopic (exact) mass is 357 g/mol. The van der Waals surface area contributed by atoms with Gasteiger partial charge in [-0.2, -0.15) is 0 Å². The van der Waals surface area contributed by atoms with Crippen LogP contribution in [0.4, 0.5) is 11.4 Å². The Morgan fingerprint density at radius 2 is 1.96 bits per heavy atom. The molecule has 130 valence electrons. The minimum absolute atomic E-state index is 0.0869. The van der Waals surface area contributed by atoms with Crippen molar-refractivity contribution in [3.8, 4) is 0 Å². The highest BCUT2D eigenvalue weighted by molar-refractivity contribution is 6.31. The average Bonchev–Trinajstić information content (AvgIpc) is 2.59. The van der Waals surface area contributed by atoms with Gasteiger partial charge in [0.2, 0.25) is 5.91 Å². The molecule has 6 heteroatoms. The molecule has 0 aromatic heterocycles. The third-order valence-corrected chi connectivity index (χ3v) is 4.57. The van der Waals surface area contributed by atoms with Gasteiger partial charge in [0.05, 0.1) is 11.4 Å². The lowest BCUT2D eigenvalue weighted by molar-refractivity contribution is -0.117. The van der Waals surface area contributed by atoms with Gasteiger partial charge in [-0.1, -0.05) is 43.6 Å². The molecule has 1 aliphatic heterocycles. The summed E-state index contributed by atoms with van der Waals surface area (Å²) in [6.07, 6.45) is 0. The van der Waals surface area contributed by atoms with Crippen LogP contribution in [0.3, 0.4) is 0 Å². The summed E-state index contributed by atoms with van der Waals surface area (Å²) in [4.78, 5) is 24.5. The molecule has 0 unspecified atom stereocenters. The standard InChI is InChI=1S/C19H20ClN3O2/c1-11(2)17-19(25)23-16-9-12(7-8-15(16)22-17)18(24)21-10-13-5-3-4-6-14(13)20/h3-9,11,17,22H,10H2,1-2H3,(H,21,24)(H,23,25)/t17-/m0/s1. The molecule has 25 heavy (non-hydrogen) atoms. The van der Waals surface area contributed by atoms with Gasteiger partial charge >= 0.3 is 0 Å². The summed E-state index contributed by atoms with van der Waals surface area (Å²) in [7, 11) is 0. The Labute approximate surface area is 151 Å². The number of fused-ring (bicyclic) bond motifs is 1. The number of carbonyl (C=O) groups excluding carboxylic acids is 2. The van der Waals surface area contributed by atoms with Crippen LogP contribution in [0.15, 0.2) is 42.5 Å². The number of nitrogens with one attached hydrogen (secondary N) is 3. The molecular formula is C19H20ClN3O2. The molecule has 0 saturated heterocycles. The Balaban J connectivity index is 1.72. The molecule has 2 aromatic rings. The lowest BCUT2D eigenvalue weighted by atomic mass is 9.99. The van der Waals surface area contributed by atoms with Gasteiger partial charge in [-0.3, -0.25) is 9.59 Å². The van der Waals surface area contributed by atoms with Gasteiger partial charge in [0.15, 0.2) is 0 Å². The topological polar surface area (TPSA) is 70.2 Å². The molecule has 0 radical (unpaired) electrons. The van der Waals surface area contributed by atoms with Crippen molar-refractivity contribution in [2.75, 3.05) is 10.6 Å². The molecule has 0 saturated carbocycles. The van der Waals surface area contributed by atoms with Crippen molar-refractivity contribution in [3.63, 3.8) is 0 Å². The molecule has 1 aliphatic rings. The number of halogens is 1. The second-order valence-corrected chi connectivity index (χ2v) is 6.80. The molecule has 0 aliphatic carbocycles. The second-order valence-electron chi connectivity index (χ2n) is 6.39. The fraction of sp³-hybridized carbons (Fsp3) is 0.263. The van der Waals surface area contributed by atoms with Gasteiger partial charge in [0.25, 0.3) is 5.91 Å². The summed E-state index contributed by atoms with van der Waals surface area (Å²) in [5, 5.41) is 9.54. The van der Waals surface area contributed by atoms with Gasteiger partial charge in [0, 0.05) is 17.1 Å². The van der Waals surface area contributed by atoms with E-state index in [-0.39, 0.29) is 23.8 Å². The predicted molar refractivity (Wildman–Crippen MR) is 99.9 cm³/mol. The molecule has 0 spiro atoms. The van der Waals surface area contributed by atoms with Crippen molar-refractivity contribution in [3.05, 3.63) is 58.6 Å². The summed E-state index contributed by atoms with van der Waals surface area (Å²) >= 11 is 6.10. The average molecular weight is 358 g/mol. The highest BCUT2D eigenvalue weighted by atomic mass is 35.5. The maximum absolute atomic E-state index is 12.4. The highest BCUT2D eigenvalue weighted by Crippen LogP contribution is 2.29. The molecule has 0 bridgehead atoms. The lowest BCUT2D eigenvalue weighted by Crippen LogP contribution is -2.42. The third kappa shape index (κ3) is 3.77. The predicted octanol–water partition coefficient (Wildman–Crippen LogP) is 3.66. The van der Waals surface area contributed by atoms with Crippen LogP contribution in [0.25, 0.3) is 0 Å². The first-order valence-corrected chi connectivity index (χ1v) is 8.56. The highest BCUT2D eigenvalue weighted by Gasteiger charge is 2.28. The van der Waals surface area contributed by atoms with Crippen LogP contribution in [0.1, 0.15) is 29.8 Å². The van der Waals surface area contributed by atoms with Gasteiger partial charge in [-0.25, -0.2) is 0 Å². The van der Waals surface area contributed by atoms with Gasteiger partial charge in [0.1, 0.15) is 6.04 Å². The quantitative estimate of drug-likeness (QED) is 0.782. The zero-order chi connectivity index (χ0) is 18.0. The number of hydrogen-bond donors (Lipinski definition) is 3. The van der Waals surface area contributed by atoms with Crippen LogP contribution in [-0.2, 0) is 11.3 Å². The van der Waals surface area contributed by atoms with Crippen LogP contribution in [0.5, 0.6) is 0 Å². The van der Waals surface area contributed by atoms with Crippen molar-refractivity contribution in [2.45, 2.75) is 26.4 Å². The number of amides is 2. The van der Waals surface area contributed by atoms with Gasteiger partial charge < -0.3 is 16.0 Å². The van der Waals surface area contributed by atoms with Crippen LogP contribution in [-0.4, -0.2) is 17.9 Å². The number of hydrogen-bond acceptors (Lipinski definition) is 3. The fourth-order valence-electron chi connectivity index (χ4n) is 2.75. The van der Waals surface area contributed by atoms with Gasteiger partial charge in [-0.05, 0) is 35.7 Å². The van der Waals surface area contributed by atoms with E-state index >= 15 is 0 Å². The van der Waals surface area contributed by atoms with Crippen LogP contribution in [0.2, 0.25) is 5.02 Å². The van der Waals surface area contributed by atoms with E-state index < -0.39 is 0 Å². The second kappa shape index (κ2) is 7.15. The van der Waals surface area contributed by atoms with Crippen molar-refractivity contribution in [1.29, 1.82) is 0 Å². The molecule has 3 rings (SSSR count). The minimum atomic E-state index is -0.271. The van der Waals surface area contributed by atoms with Crippen molar-refractivity contribution < 1.29 is 9.59 Å². The molecule has 5 nitrogen and oxygen atoms in total. The smallest absolute Gasteiger partial charge is 0.251 e. The van der Waals surface area contributed by atoms with E-state index in [9.17, 15) is 9.59 Å².